The van der Waals surface area contributed by atoms with E-state index in [1.54, 1.807) is 6.92 Å². The first-order valence-corrected chi connectivity index (χ1v) is 5.07. The summed E-state index contributed by atoms with van der Waals surface area (Å²) in [5, 5.41) is 6.67. The molecule has 0 aliphatic carbocycles. The van der Waals surface area contributed by atoms with Crippen LogP contribution in [0.3, 0.4) is 0 Å². The van der Waals surface area contributed by atoms with Gasteiger partial charge >= 0.3 is 6.18 Å². The van der Waals surface area contributed by atoms with E-state index in [9.17, 15) is 18.0 Å². The minimum atomic E-state index is -4.52. The largest absolute Gasteiger partial charge is 0.451 e. The second-order valence-corrected chi connectivity index (χ2v) is 4.06. The fourth-order valence-corrected chi connectivity index (χ4v) is 1.96. The first-order chi connectivity index (χ1) is 7.80. The molecule has 94 valence electrons. The van der Waals surface area contributed by atoms with Crippen LogP contribution in [0, 0.1) is 0 Å². The molecule has 1 aromatic heterocycles. The predicted octanol–water partition coefficient (Wildman–Crippen LogP) is 1.22. The van der Waals surface area contributed by atoms with Gasteiger partial charge in [-0.25, -0.2) is 0 Å². The van der Waals surface area contributed by atoms with E-state index in [1.165, 1.54) is 11.8 Å². The van der Waals surface area contributed by atoms with E-state index in [0.29, 0.717) is 0 Å². The van der Waals surface area contributed by atoms with Crippen molar-refractivity contribution < 1.29 is 18.0 Å². The highest BCUT2D eigenvalue weighted by atomic mass is 19.4. The lowest BCUT2D eigenvalue weighted by Gasteiger charge is -2.31. The standard InChI is InChI=1S/C9H11F3N4O/c1-5-3-15(6(2)17)4-7-13-14-8(16(5)7)9(10,11)12/h5H,3-4H2,1-2H3. The molecule has 1 aromatic rings. The zero-order valence-corrected chi connectivity index (χ0v) is 9.32. The smallest absolute Gasteiger partial charge is 0.333 e. The fourth-order valence-electron chi connectivity index (χ4n) is 1.96. The van der Waals surface area contributed by atoms with Gasteiger partial charge in [0.15, 0.2) is 5.82 Å². The molecule has 2 heterocycles. The number of halogens is 3. The Morgan fingerprint density at radius 1 is 1.41 bits per heavy atom. The summed E-state index contributed by atoms with van der Waals surface area (Å²) in [6.45, 7) is 3.30. The van der Waals surface area contributed by atoms with E-state index in [1.807, 2.05) is 0 Å². The molecule has 0 bridgehead atoms. The monoisotopic (exact) mass is 248 g/mol. The van der Waals surface area contributed by atoms with Gasteiger partial charge < -0.3 is 9.47 Å². The number of amides is 1. The number of carbonyl (C=O) groups is 1. The zero-order chi connectivity index (χ0) is 12.8. The van der Waals surface area contributed by atoms with Crippen LogP contribution >= 0.6 is 0 Å². The third-order valence-electron chi connectivity index (χ3n) is 2.72. The molecule has 5 nitrogen and oxygen atoms in total. The molecule has 0 saturated heterocycles. The van der Waals surface area contributed by atoms with Gasteiger partial charge in [-0.15, -0.1) is 10.2 Å². The summed E-state index contributed by atoms with van der Waals surface area (Å²) in [7, 11) is 0. The highest BCUT2D eigenvalue weighted by Gasteiger charge is 2.41. The van der Waals surface area contributed by atoms with Crippen molar-refractivity contribution in [1.29, 1.82) is 0 Å². The SMILES string of the molecule is CC(=O)N1Cc2nnc(C(F)(F)F)n2C(C)C1. The molecule has 1 unspecified atom stereocenters. The maximum absolute atomic E-state index is 12.6. The van der Waals surface area contributed by atoms with Crippen LogP contribution in [0.25, 0.3) is 0 Å². The first kappa shape index (κ1) is 11.9. The van der Waals surface area contributed by atoms with Crippen LogP contribution in [-0.2, 0) is 17.5 Å². The summed E-state index contributed by atoms with van der Waals surface area (Å²) in [5.74, 6) is -1.01. The van der Waals surface area contributed by atoms with Gasteiger partial charge in [0.1, 0.15) is 0 Å². The Bertz CT molecular complexity index is 454. The Balaban J connectivity index is 2.41. The molecule has 0 N–H and O–H groups in total. The van der Waals surface area contributed by atoms with Crippen molar-refractivity contribution in [3.05, 3.63) is 11.6 Å². The van der Waals surface area contributed by atoms with E-state index in [4.69, 9.17) is 0 Å². The summed E-state index contributed by atoms with van der Waals surface area (Å²) in [6, 6.07) is -0.478. The van der Waals surface area contributed by atoms with Crippen molar-refractivity contribution in [3.63, 3.8) is 0 Å². The molecule has 0 aromatic carbocycles. The fraction of sp³-hybridized carbons (Fsp3) is 0.667. The van der Waals surface area contributed by atoms with Crippen molar-refractivity contribution in [2.45, 2.75) is 32.6 Å². The lowest BCUT2D eigenvalue weighted by molar-refractivity contribution is -0.149. The number of hydrogen-bond donors (Lipinski definition) is 0. The van der Waals surface area contributed by atoms with Gasteiger partial charge in [-0.05, 0) is 6.92 Å². The summed E-state index contributed by atoms with van der Waals surface area (Å²) >= 11 is 0. The number of rotatable bonds is 0. The molecular formula is C9H11F3N4O. The van der Waals surface area contributed by atoms with Gasteiger partial charge in [-0.2, -0.15) is 13.2 Å². The van der Waals surface area contributed by atoms with Gasteiger partial charge in [0.2, 0.25) is 11.7 Å². The molecule has 0 radical (unpaired) electrons. The van der Waals surface area contributed by atoms with Gasteiger partial charge in [0.05, 0.1) is 12.6 Å². The second kappa shape index (κ2) is 3.71. The molecule has 1 amide bonds. The Kier molecular flexibility index (Phi) is 2.59. The van der Waals surface area contributed by atoms with Gasteiger partial charge in [0, 0.05) is 13.5 Å². The van der Waals surface area contributed by atoms with Crippen LogP contribution in [0.1, 0.15) is 31.5 Å². The summed E-state index contributed by atoms with van der Waals surface area (Å²) < 4.78 is 39.0. The van der Waals surface area contributed by atoms with Crippen LogP contribution in [0.4, 0.5) is 13.2 Å². The maximum Gasteiger partial charge on any atom is 0.451 e. The number of fused-ring (bicyclic) bond motifs is 1. The molecule has 2 rings (SSSR count). The number of aromatic nitrogens is 3. The van der Waals surface area contributed by atoms with Crippen molar-refractivity contribution >= 4 is 5.91 Å². The van der Waals surface area contributed by atoms with Crippen LogP contribution in [0.15, 0.2) is 0 Å². The maximum atomic E-state index is 12.6. The van der Waals surface area contributed by atoms with E-state index in [2.05, 4.69) is 10.2 Å². The summed E-state index contributed by atoms with van der Waals surface area (Å²) in [5.41, 5.74) is 0. The van der Waals surface area contributed by atoms with Crippen molar-refractivity contribution in [3.8, 4) is 0 Å². The lowest BCUT2D eigenvalue weighted by Crippen LogP contribution is -2.40. The van der Waals surface area contributed by atoms with E-state index in [0.717, 1.165) is 4.57 Å². The van der Waals surface area contributed by atoms with Gasteiger partial charge in [-0.3, -0.25) is 4.79 Å². The Morgan fingerprint density at radius 3 is 2.59 bits per heavy atom. The zero-order valence-electron chi connectivity index (χ0n) is 9.32. The minimum Gasteiger partial charge on any atom is -0.333 e. The van der Waals surface area contributed by atoms with E-state index in [-0.39, 0.29) is 24.8 Å². The van der Waals surface area contributed by atoms with Crippen molar-refractivity contribution in [1.82, 2.24) is 19.7 Å². The lowest BCUT2D eigenvalue weighted by atomic mass is 10.2. The average molecular weight is 248 g/mol. The molecule has 0 fully saturated rings. The number of hydrogen-bond acceptors (Lipinski definition) is 3. The highest BCUT2D eigenvalue weighted by Crippen LogP contribution is 2.32. The van der Waals surface area contributed by atoms with Crippen molar-refractivity contribution in [2.75, 3.05) is 6.54 Å². The first-order valence-electron chi connectivity index (χ1n) is 5.07. The minimum absolute atomic E-state index is 0.0722. The Hall–Kier alpha value is -1.60. The quantitative estimate of drug-likeness (QED) is 0.693. The molecule has 0 spiro atoms. The molecule has 17 heavy (non-hydrogen) atoms. The molecule has 1 atom stereocenters. The van der Waals surface area contributed by atoms with Crippen LogP contribution in [0.2, 0.25) is 0 Å². The highest BCUT2D eigenvalue weighted by molar-refractivity contribution is 5.73. The molecular weight excluding hydrogens is 237 g/mol. The Labute approximate surface area is 95.2 Å². The van der Waals surface area contributed by atoms with E-state index >= 15 is 0 Å². The number of carbonyl (C=O) groups excluding carboxylic acids is 1. The topological polar surface area (TPSA) is 51.0 Å². The number of nitrogens with zero attached hydrogens (tertiary/aromatic N) is 4. The second-order valence-electron chi connectivity index (χ2n) is 4.06. The number of alkyl halides is 3. The molecule has 1 aliphatic heterocycles. The third-order valence-corrected chi connectivity index (χ3v) is 2.72. The van der Waals surface area contributed by atoms with Crippen LogP contribution in [0.5, 0.6) is 0 Å². The van der Waals surface area contributed by atoms with Crippen LogP contribution < -0.4 is 0 Å². The average Bonchev–Trinajstić information content (AvgIpc) is 2.60. The third kappa shape index (κ3) is 1.98. The summed E-state index contributed by atoms with van der Waals surface area (Å²) in [4.78, 5) is 12.7. The van der Waals surface area contributed by atoms with Crippen LogP contribution in [-0.4, -0.2) is 32.1 Å². The summed E-state index contributed by atoms with van der Waals surface area (Å²) in [6.07, 6.45) is -4.52. The normalized spacial score (nSPS) is 20.3. The molecule has 1 aliphatic rings. The predicted molar refractivity (Wildman–Crippen MR) is 50.8 cm³/mol. The van der Waals surface area contributed by atoms with E-state index < -0.39 is 18.0 Å². The van der Waals surface area contributed by atoms with Gasteiger partial charge in [-0.1, -0.05) is 0 Å². The molecule has 0 saturated carbocycles. The Morgan fingerprint density at radius 2 is 2.06 bits per heavy atom. The van der Waals surface area contributed by atoms with Crippen molar-refractivity contribution in [2.24, 2.45) is 0 Å². The molecule has 8 heteroatoms. The van der Waals surface area contributed by atoms with Gasteiger partial charge in [0.25, 0.3) is 0 Å².